The summed E-state index contributed by atoms with van der Waals surface area (Å²) in [4.78, 5) is 40.1. The van der Waals surface area contributed by atoms with E-state index in [0.717, 1.165) is 36.4 Å². The average Bonchev–Trinajstić information content (AvgIpc) is 3.23. The Labute approximate surface area is 224 Å². The molecule has 0 atom stereocenters. The minimum atomic E-state index is -0.505. The van der Waals surface area contributed by atoms with Crippen molar-refractivity contribution in [3.63, 3.8) is 0 Å². The van der Waals surface area contributed by atoms with Crippen LogP contribution in [0.4, 0.5) is 17.1 Å². The Balaban J connectivity index is 1.51. The molecule has 4 rings (SSSR count). The molecular formula is C28H30N6O3S. The number of carbonyl (C=O) groups excluding carboxylic acids is 2. The fraction of sp³-hybridized carbons (Fsp3) is 0.286. The molecule has 1 aliphatic heterocycles. The summed E-state index contributed by atoms with van der Waals surface area (Å²) in [5.74, 6) is -0.615. The number of hydrogen-bond donors (Lipinski definition) is 3. The number of para-hydroxylation sites is 1. The van der Waals surface area contributed by atoms with Crippen LogP contribution in [0, 0.1) is 11.3 Å². The molecule has 9 nitrogen and oxygen atoms in total. The molecule has 0 spiro atoms. The number of fused-ring (bicyclic) bond motifs is 1. The van der Waals surface area contributed by atoms with Crippen LogP contribution < -0.4 is 35.6 Å². The molecule has 38 heavy (non-hydrogen) atoms. The van der Waals surface area contributed by atoms with Crippen LogP contribution >= 0.6 is 11.3 Å². The Bertz CT molecular complexity index is 1570. The van der Waals surface area contributed by atoms with Crippen LogP contribution in [0.5, 0.6) is 0 Å². The van der Waals surface area contributed by atoms with E-state index in [0.29, 0.717) is 33.7 Å². The van der Waals surface area contributed by atoms with Gasteiger partial charge in [0.25, 0.3) is 11.5 Å². The minimum Gasteiger partial charge on any atom is -0.362 e. The number of benzene rings is 2. The van der Waals surface area contributed by atoms with Gasteiger partial charge in [0.1, 0.15) is 15.3 Å². The molecule has 0 saturated carbocycles. The third kappa shape index (κ3) is 5.95. The summed E-state index contributed by atoms with van der Waals surface area (Å²) >= 11 is 1.08. The largest absolute Gasteiger partial charge is 0.362 e. The summed E-state index contributed by atoms with van der Waals surface area (Å²) in [6.07, 6.45) is 3.59. The molecule has 0 saturated heterocycles. The molecule has 196 valence electrons. The van der Waals surface area contributed by atoms with Gasteiger partial charge >= 0.3 is 0 Å². The van der Waals surface area contributed by atoms with Gasteiger partial charge in [0.15, 0.2) is 5.57 Å². The van der Waals surface area contributed by atoms with Gasteiger partial charge in [-0.15, -0.1) is 11.3 Å². The highest BCUT2D eigenvalue weighted by atomic mass is 32.1. The summed E-state index contributed by atoms with van der Waals surface area (Å²) in [5.41, 5.74) is 3.30. The monoisotopic (exact) mass is 530 g/mol. The number of nitrogens with zero attached hydrogens (tertiary/aromatic N) is 3. The van der Waals surface area contributed by atoms with Gasteiger partial charge in [-0.25, -0.2) is 0 Å². The van der Waals surface area contributed by atoms with E-state index in [-0.39, 0.29) is 23.6 Å². The van der Waals surface area contributed by atoms with Gasteiger partial charge in [-0.05, 0) is 56.5 Å². The van der Waals surface area contributed by atoms with Gasteiger partial charge in [0.2, 0.25) is 5.91 Å². The fourth-order valence-electron chi connectivity index (χ4n) is 4.42. The van der Waals surface area contributed by atoms with Crippen LogP contribution in [0.2, 0.25) is 0 Å². The summed E-state index contributed by atoms with van der Waals surface area (Å²) in [5, 5.41) is 18.2. The lowest BCUT2D eigenvalue weighted by Crippen LogP contribution is -2.36. The van der Waals surface area contributed by atoms with Crippen molar-refractivity contribution in [2.45, 2.75) is 33.2 Å². The summed E-state index contributed by atoms with van der Waals surface area (Å²) in [6, 6.07) is 17.3. The highest BCUT2D eigenvalue weighted by molar-refractivity contribution is 7.07. The minimum absolute atomic E-state index is 0.0866. The highest BCUT2D eigenvalue weighted by Gasteiger charge is 2.19. The zero-order valence-corrected chi connectivity index (χ0v) is 22.2. The second kappa shape index (κ2) is 12.3. The van der Waals surface area contributed by atoms with Crippen molar-refractivity contribution >= 4 is 52.0 Å². The number of anilines is 3. The molecule has 2 amide bonds. The standard InChI is InChI=1S/C28H30N6O3S/c1-3-30-26(36)22(16-29)28-34(4-2)27(37)24(38-28)17-31-20-11-7-12-21(15-20)32-25(35)18-33-14-8-10-19-9-5-6-13-23(19)33/h5-7,9,11-13,15,17,31H,3-4,8,10,14,18H2,1-2H3,(H,30,36)(H,32,35)/b24-17+,28-22-. The molecule has 3 aromatic rings. The number of amides is 2. The quantitative estimate of drug-likeness (QED) is 0.410. The van der Waals surface area contributed by atoms with E-state index < -0.39 is 5.91 Å². The second-order valence-corrected chi connectivity index (χ2v) is 9.77. The van der Waals surface area contributed by atoms with Gasteiger partial charge in [-0.3, -0.25) is 19.0 Å². The first-order chi connectivity index (χ1) is 18.4. The summed E-state index contributed by atoms with van der Waals surface area (Å²) in [7, 11) is 0. The molecule has 0 unspecified atom stereocenters. The van der Waals surface area contributed by atoms with E-state index in [1.54, 1.807) is 32.2 Å². The maximum atomic E-state index is 12.9. The Morgan fingerprint density at radius 2 is 1.92 bits per heavy atom. The number of aromatic nitrogens is 1. The summed E-state index contributed by atoms with van der Waals surface area (Å²) < 4.78 is 2.10. The van der Waals surface area contributed by atoms with Crippen LogP contribution in [0.25, 0.3) is 11.8 Å². The first-order valence-corrected chi connectivity index (χ1v) is 13.4. The fourth-order valence-corrected chi connectivity index (χ4v) is 5.51. The van der Waals surface area contributed by atoms with E-state index in [9.17, 15) is 19.6 Å². The smallest absolute Gasteiger partial charge is 0.270 e. The number of nitrogens with one attached hydrogen (secondary N) is 3. The number of rotatable bonds is 8. The van der Waals surface area contributed by atoms with Crippen molar-refractivity contribution in [2.24, 2.45) is 0 Å². The van der Waals surface area contributed by atoms with Crippen molar-refractivity contribution in [1.82, 2.24) is 9.88 Å². The topological polar surface area (TPSA) is 119 Å². The molecule has 1 aliphatic rings. The van der Waals surface area contributed by atoms with E-state index in [1.807, 2.05) is 30.3 Å². The Hall–Kier alpha value is -4.36. The molecule has 1 aromatic heterocycles. The van der Waals surface area contributed by atoms with Crippen molar-refractivity contribution in [3.8, 4) is 6.07 Å². The number of hydrogen-bond acceptors (Lipinski definition) is 7. The SMILES string of the molecule is CCNC(=O)/C(C#N)=c1\s/c(=C/Nc2cccc(NC(=O)CN3CCCc4ccccc43)c2)c(=O)n1CC. The predicted molar refractivity (Wildman–Crippen MR) is 151 cm³/mol. The lowest BCUT2D eigenvalue weighted by Gasteiger charge is -2.30. The summed E-state index contributed by atoms with van der Waals surface area (Å²) in [6.45, 7) is 5.36. The number of nitriles is 1. The van der Waals surface area contributed by atoms with Gasteiger partial charge in [-0.2, -0.15) is 5.26 Å². The molecule has 2 heterocycles. The van der Waals surface area contributed by atoms with E-state index >= 15 is 0 Å². The number of thiazole rings is 1. The molecule has 10 heteroatoms. The number of carbonyl (C=O) groups is 2. The Morgan fingerprint density at radius 1 is 1.13 bits per heavy atom. The first-order valence-electron chi connectivity index (χ1n) is 12.6. The molecule has 0 bridgehead atoms. The predicted octanol–water partition coefficient (Wildman–Crippen LogP) is 1.98. The van der Waals surface area contributed by atoms with Crippen molar-refractivity contribution in [3.05, 3.63) is 73.6 Å². The zero-order chi connectivity index (χ0) is 27.1. The van der Waals surface area contributed by atoms with E-state index in [1.165, 1.54) is 10.1 Å². The molecular weight excluding hydrogens is 500 g/mol. The molecule has 0 aliphatic carbocycles. The maximum absolute atomic E-state index is 12.9. The van der Waals surface area contributed by atoms with Crippen LogP contribution in [0.1, 0.15) is 25.8 Å². The van der Waals surface area contributed by atoms with Crippen LogP contribution in [-0.4, -0.2) is 36.0 Å². The molecule has 0 radical (unpaired) electrons. The normalized spacial score (nSPS) is 13.8. The van der Waals surface area contributed by atoms with Crippen molar-refractivity contribution in [1.29, 1.82) is 5.26 Å². The molecule has 0 fully saturated rings. The maximum Gasteiger partial charge on any atom is 0.270 e. The highest BCUT2D eigenvalue weighted by Crippen LogP contribution is 2.26. The van der Waals surface area contributed by atoms with E-state index in [2.05, 4.69) is 33.0 Å². The van der Waals surface area contributed by atoms with Crippen LogP contribution in [0.3, 0.4) is 0 Å². The van der Waals surface area contributed by atoms with Crippen LogP contribution in [0.15, 0.2) is 53.3 Å². The van der Waals surface area contributed by atoms with Gasteiger partial charge in [-0.1, -0.05) is 24.3 Å². The molecule has 2 aromatic carbocycles. The third-order valence-corrected chi connectivity index (χ3v) is 7.30. The second-order valence-electron chi connectivity index (χ2n) is 8.74. The first kappa shape index (κ1) is 26.7. The zero-order valence-electron chi connectivity index (χ0n) is 21.4. The van der Waals surface area contributed by atoms with Crippen molar-refractivity contribution < 1.29 is 9.59 Å². The molecule has 3 N–H and O–H groups in total. The van der Waals surface area contributed by atoms with Crippen molar-refractivity contribution in [2.75, 3.05) is 35.2 Å². The van der Waals surface area contributed by atoms with Gasteiger partial charge < -0.3 is 20.9 Å². The van der Waals surface area contributed by atoms with Gasteiger partial charge in [0, 0.05) is 42.9 Å². The Morgan fingerprint density at radius 3 is 2.68 bits per heavy atom. The lowest BCUT2D eigenvalue weighted by atomic mass is 10.0. The van der Waals surface area contributed by atoms with Crippen LogP contribution in [-0.2, 0) is 22.6 Å². The third-order valence-electron chi connectivity index (χ3n) is 6.17. The van der Waals surface area contributed by atoms with Gasteiger partial charge in [0.05, 0.1) is 6.54 Å². The lowest BCUT2D eigenvalue weighted by molar-refractivity contribution is -0.116. The number of aryl methyl sites for hydroxylation is 1. The van der Waals surface area contributed by atoms with E-state index in [4.69, 9.17) is 0 Å². The Kier molecular flexibility index (Phi) is 8.61. The average molecular weight is 531 g/mol.